The summed E-state index contributed by atoms with van der Waals surface area (Å²) in [5.41, 5.74) is 4.75. The molecule has 0 aliphatic rings. The number of ether oxygens (including phenoxy) is 1. The number of carbonyl (C=O) groups excluding carboxylic acids is 2. The van der Waals surface area contributed by atoms with Crippen molar-refractivity contribution in [3.8, 4) is 0 Å². The quantitative estimate of drug-likeness (QED) is 0.534. The van der Waals surface area contributed by atoms with Crippen molar-refractivity contribution in [2.45, 2.75) is 0 Å². The number of hydrogen-bond donors (Lipinski definition) is 3. The topological polar surface area (TPSA) is 79.5 Å². The van der Waals surface area contributed by atoms with Crippen LogP contribution in [0.5, 0.6) is 0 Å². The average Bonchev–Trinajstić information content (AvgIpc) is 2.35. The highest BCUT2D eigenvalue weighted by Gasteiger charge is 2.08. The van der Waals surface area contributed by atoms with E-state index in [1.807, 2.05) is 0 Å². The van der Waals surface area contributed by atoms with Crippen molar-refractivity contribution in [2.75, 3.05) is 7.11 Å². The zero-order valence-electron chi connectivity index (χ0n) is 9.32. The molecule has 0 unspecified atom stereocenters. The summed E-state index contributed by atoms with van der Waals surface area (Å²) in [6.45, 7) is 0. The average molecular weight is 288 g/mol. The number of nitrogens with one attached hydrogen (secondary N) is 3. The molecule has 1 rings (SSSR count). The Bertz CT molecular complexity index is 481. The maximum absolute atomic E-state index is 11.7. The van der Waals surface area contributed by atoms with Gasteiger partial charge in [0.05, 0.1) is 7.11 Å². The minimum absolute atomic E-state index is 0.0645. The van der Waals surface area contributed by atoms with Crippen LogP contribution < -0.4 is 16.2 Å². The lowest BCUT2D eigenvalue weighted by molar-refractivity contribution is 0.0975. The zero-order chi connectivity index (χ0) is 13.5. The summed E-state index contributed by atoms with van der Waals surface area (Å²) in [4.78, 5) is 22.4. The summed E-state index contributed by atoms with van der Waals surface area (Å²) in [5.74, 6) is -0.443. The maximum Gasteiger partial charge on any atom is 0.425 e. The van der Waals surface area contributed by atoms with Crippen LogP contribution in [0.2, 0.25) is 5.02 Å². The summed E-state index contributed by atoms with van der Waals surface area (Å²) in [6.07, 6.45) is -0.727. The molecule has 8 heteroatoms. The number of hydrogen-bond acceptors (Lipinski definition) is 4. The standard InChI is InChI=1S/C10H10ClN3O3S/c1-17-10(16)14-13-9(18)12-8(15)6-3-2-4-7(11)5-6/h2-5H,1H3,(H,14,16)(H2,12,13,15,18). The highest BCUT2D eigenvalue weighted by atomic mass is 35.5. The fourth-order valence-electron chi connectivity index (χ4n) is 0.995. The van der Waals surface area contributed by atoms with Gasteiger partial charge in [-0.15, -0.1) is 0 Å². The second-order valence-corrected chi connectivity index (χ2v) is 3.88. The molecule has 96 valence electrons. The van der Waals surface area contributed by atoms with Crippen molar-refractivity contribution in [1.29, 1.82) is 0 Å². The molecule has 0 bridgehead atoms. The van der Waals surface area contributed by atoms with Crippen molar-refractivity contribution in [2.24, 2.45) is 0 Å². The SMILES string of the molecule is COC(=O)NNC(=S)NC(=O)c1cccc(Cl)c1. The van der Waals surface area contributed by atoms with Crippen LogP contribution >= 0.6 is 23.8 Å². The molecule has 0 aromatic heterocycles. The van der Waals surface area contributed by atoms with E-state index in [1.54, 1.807) is 18.2 Å². The van der Waals surface area contributed by atoms with Gasteiger partial charge in [-0.2, -0.15) is 0 Å². The second kappa shape index (κ2) is 6.77. The molecule has 1 aromatic carbocycles. The number of amides is 2. The van der Waals surface area contributed by atoms with E-state index in [0.29, 0.717) is 10.6 Å². The van der Waals surface area contributed by atoms with E-state index < -0.39 is 12.0 Å². The van der Waals surface area contributed by atoms with Gasteiger partial charge >= 0.3 is 6.09 Å². The first kappa shape index (κ1) is 14.2. The van der Waals surface area contributed by atoms with Crippen molar-refractivity contribution in [1.82, 2.24) is 16.2 Å². The molecule has 0 heterocycles. The number of halogens is 1. The molecule has 3 N–H and O–H groups in total. The van der Waals surface area contributed by atoms with Gasteiger partial charge in [0.25, 0.3) is 5.91 Å². The molecule has 6 nitrogen and oxygen atoms in total. The normalized spacial score (nSPS) is 9.22. The Balaban J connectivity index is 2.50. The first-order chi connectivity index (χ1) is 8.52. The largest absolute Gasteiger partial charge is 0.452 e. The van der Waals surface area contributed by atoms with Crippen LogP contribution in [0, 0.1) is 0 Å². The fourth-order valence-corrected chi connectivity index (χ4v) is 1.33. The summed E-state index contributed by atoms with van der Waals surface area (Å²) in [7, 11) is 1.20. The van der Waals surface area contributed by atoms with Crippen molar-refractivity contribution >= 4 is 40.9 Å². The molecule has 0 aliphatic heterocycles. The van der Waals surface area contributed by atoms with Gasteiger partial charge in [-0.1, -0.05) is 17.7 Å². The Morgan fingerprint density at radius 3 is 2.67 bits per heavy atom. The van der Waals surface area contributed by atoms with Gasteiger partial charge in [-0.25, -0.2) is 10.2 Å². The number of methoxy groups -OCH3 is 1. The van der Waals surface area contributed by atoms with Gasteiger partial charge in [0.15, 0.2) is 5.11 Å². The Morgan fingerprint density at radius 2 is 2.06 bits per heavy atom. The number of rotatable bonds is 1. The fraction of sp³-hybridized carbons (Fsp3) is 0.100. The molecule has 0 saturated carbocycles. The van der Waals surface area contributed by atoms with E-state index in [4.69, 9.17) is 23.8 Å². The monoisotopic (exact) mass is 287 g/mol. The van der Waals surface area contributed by atoms with Crippen molar-refractivity contribution in [3.05, 3.63) is 34.9 Å². The third-order valence-electron chi connectivity index (χ3n) is 1.78. The van der Waals surface area contributed by atoms with E-state index >= 15 is 0 Å². The molecule has 0 aliphatic carbocycles. The number of hydrazine groups is 1. The third-order valence-corrected chi connectivity index (χ3v) is 2.22. The van der Waals surface area contributed by atoms with Gasteiger partial charge < -0.3 is 4.74 Å². The van der Waals surface area contributed by atoms with Gasteiger partial charge in [0.2, 0.25) is 0 Å². The van der Waals surface area contributed by atoms with Crippen LogP contribution in [0.15, 0.2) is 24.3 Å². The van der Waals surface area contributed by atoms with E-state index in [1.165, 1.54) is 13.2 Å². The summed E-state index contributed by atoms with van der Waals surface area (Å²) in [6, 6.07) is 6.36. The predicted octanol–water partition coefficient (Wildman–Crippen LogP) is 1.22. The Labute approximate surface area is 114 Å². The zero-order valence-corrected chi connectivity index (χ0v) is 10.9. The van der Waals surface area contributed by atoms with Gasteiger partial charge in [0.1, 0.15) is 0 Å². The number of benzene rings is 1. The maximum atomic E-state index is 11.7. The van der Waals surface area contributed by atoms with Crippen LogP contribution in [0.3, 0.4) is 0 Å². The lowest BCUT2D eigenvalue weighted by atomic mass is 10.2. The van der Waals surface area contributed by atoms with Crippen LogP contribution in [-0.4, -0.2) is 24.2 Å². The molecule has 0 saturated heterocycles. The molecule has 0 radical (unpaired) electrons. The molecule has 1 aromatic rings. The Kier molecular flexibility index (Phi) is 5.34. The lowest BCUT2D eigenvalue weighted by Crippen LogP contribution is -2.48. The molecule has 18 heavy (non-hydrogen) atoms. The molecule has 2 amide bonds. The molecular weight excluding hydrogens is 278 g/mol. The van der Waals surface area contributed by atoms with Gasteiger partial charge in [0, 0.05) is 10.6 Å². The first-order valence-electron chi connectivity index (χ1n) is 4.74. The van der Waals surface area contributed by atoms with Crippen molar-refractivity contribution < 1.29 is 14.3 Å². The minimum Gasteiger partial charge on any atom is -0.452 e. The van der Waals surface area contributed by atoms with Gasteiger partial charge in [-0.05, 0) is 30.4 Å². The molecule has 0 fully saturated rings. The van der Waals surface area contributed by atoms with Crippen LogP contribution in [-0.2, 0) is 4.74 Å². The number of thiocarbonyl (C=S) groups is 1. The summed E-state index contributed by atoms with van der Waals surface area (Å²) in [5, 5.41) is 2.73. The highest BCUT2D eigenvalue weighted by Crippen LogP contribution is 2.10. The van der Waals surface area contributed by atoms with E-state index in [9.17, 15) is 9.59 Å². The van der Waals surface area contributed by atoms with Crippen molar-refractivity contribution in [3.63, 3.8) is 0 Å². The molecular formula is C10H10ClN3O3S. The smallest absolute Gasteiger partial charge is 0.425 e. The van der Waals surface area contributed by atoms with E-state index in [2.05, 4.69) is 20.9 Å². The molecule has 0 atom stereocenters. The third kappa shape index (κ3) is 4.56. The summed E-state index contributed by atoms with van der Waals surface area (Å²) >= 11 is 10.5. The second-order valence-electron chi connectivity index (χ2n) is 3.04. The van der Waals surface area contributed by atoms with Gasteiger partial charge in [-0.3, -0.25) is 15.5 Å². The minimum atomic E-state index is -0.727. The molecule has 0 spiro atoms. The lowest BCUT2D eigenvalue weighted by Gasteiger charge is -2.09. The highest BCUT2D eigenvalue weighted by molar-refractivity contribution is 7.80. The first-order valence-corrected chi connectivity index (χ1v) is 5.52. The van der Waals surface area contributed by atoms with Crippen LogP contribution in [0.25, 0.3) is 0 Å². The Morgan fingerprint density at radius 1 is 1.33 bits per heavy atom. The predicted molar refractivity (Wildman–Crippen MR) is 70.2 cm³/mol. The van der Waals surface area contributed by atoms with E-state index in [0.717, 1.165) is 0 Å². The van der Waals surface area contributed by atoms with E-state index in [-0.39, 0.29) is 5.11 Å². The number of carbonyl (C=O) groups is 2. The summed E-state index contributed by atoms with van der Waals surface area (Å²) < 4.78 is 4.30. The van der Waals surface area contributed by atoms with Crippen LogP contribution in [0.4, 0.5) is 4.79 Å². The Hall–Kier alpha value is -1.86. The van der Waals surface area contributed by atoms with Crippen LogP contribution in [0.1, 0.15) is 10.4 Å².